The predicted molar refractivity (Wildman–Crippen MR) is 116 cm³/mol. The third-order valence-electron chi connectivity index (χ3n) is 5.39. The van der Waals surface area contributed by atoms with Crippen LogP contribution in [0.1, 0.15) is 17.2 Å². The lowest BCUT2D eigenvalue weighted by Crippen LogP contribution is -2.49. The second-order valence-electron chi connectivity index (χ2n) is 7.26. The van der Waals surface area contributed by atoms with Gasteiger partial charge in [0.1, 0.15) is 5.82 Å². The summed E-state index contributed by atoms with van der Waals surface area (Å²) < 4.78 is 40.9. The summed E-state index contributed by atoms with van der Waals surface area (Å²) in [6.45, 7) is 1.92. The molecule has 1 fully saturated rings. The van der Waals surface area contributed by atoms with E-state index in [1.165, 1.54) is 28.6 Å². The van der Waals surface area contributed by atoms with Crippen LogP contribution in [0.5, 0.6) is 0 Å². The van der Waals surface area contributed by atoms with E-state index in [2.05, 4.69) is 4.90 Å². The molecule has 1 heterocycles. The number of nitrogens with zero attached hydrogens (tertiary/aromatic N) is 2. The van der Waals surface area contributed by atoms with Crippen molar-refractivity contribution < 1.29 is 12.8 Å². The molecule has 1 atom stereocenters. The van der Waals surface area contributed by atoms with Gasteiger partial charge in [-0.2, -0.15) is 4.31 Å². The Labute approximate surface area is 181 Å². The van der Waals surface area contributed by atoms with Crippen LogP contribution in [0.4, 0.5) is 4.39 Å². The number of sulfonamides is 1. The predicted octanol–water partition coefficient (Wildman–Crippen LogP) is 4.58. The number of benzene rings is 3. The number of hydrogen-bond donors (Lipinski definition) is 0. The van der Waals surface area contributed by atoms with Gasteiger partial charge in [-0.05, 0) is 47.5 Å². The molecule has 0 aromatic heterocycles. The SMILES string of the molecule is O=S(=O)(c1ccc(Cl)cc1)N1CCN([C@H](c2ccccc2)c2ccc(F)cc2)CC1. The molecule has 0 N–H and O–H groups in total. The van der Waals surface area contributed by atoms with Crippen LogP contribution in [0, 0.1) is 5.82 Å². The molecule has 0 unspecified atom stereocenters. The molecule has 0 amide bonds. The average molecular weight is 445 g/mol. The molecule has 30 heavy (non-hydrogen) atoms. The highest BCUT2D eigenvalue weighted by Gasteiger charge is 2.32. The van der Waals surface area contributed by atoms with E-state index in [0.717, 1.165) is 11.1 Å². The molecule has 4 rings (SSSR count). The molecule has 3 aromatic carbocycles. The first-order valence-electron chi connectivity index (χ1n) is 9.75. The van der Waals surface area contributed by atoms with Crippen molar-refractivity contribution in [2.24, 2.45) is 0 Å². The quantitative estimate of drug-likeness (QED) is 0.578. The monoisotopic (exact) mass is 444 g/mol. The zero-order chi connectivity index (χ0) is 21.1. The molecule has 0 radical (unpaired) electrons. The maximum Gasteiger partial charge on any atom is 0.243 e. The van der Waals surface area contributed by atoms with Crippen molar-refractivity contribution in [3.05, 3.63) is 101 Å². The number of rotatable bonds is 5. The highest BCUT2D eigenvalue weighted by atomic mass is 35.5. The summed E-state index contributed by atoms with van der Waals surface area (Å²) in [5, 5.41) is 0.503. The Morgan fingerprint density at radius 2 is 1.33 bits per heavy atom. The minimum absolute atomic E-state index is 0.0628. The molecule has 156 valence electrons. The van der Waals surface area contributed by atoms with Gasteiger partial charge in [0.2, 0.25) is 10.0 Å². The van der Waals surface area contributed by atoms with E-state index in [-0.39, 0.29) is 16.8 Å². The van der Waals surface area contributed by atoms with Gasteiger partial charge in [-0.15, -0.1) is 0 Å². The van der Waals surface area contributed by atoms with Crippen LogP contribution in [-0.2, 0) is 10.0 Å². The third-order valence-corrected chi connectivity index (χ3v) is 7.56. The van der Waals surface area contributed by atoms with Crippen LogP contribution in [0.25, 0.3) is 0 Å². The van der Waals surface area contributed by atoms with Crippen molar-refractivity contribution in [1.29, 1.82) is 0 Å². The minimum atomic E-state index is -3.56. The van der Waals surface area contributed by atoms with Gasteiger partial charge in [-0.3, -0.25) is 4.90 Å². The van der Waals surface area contributed by atoms with Crippen molar-refractivity contribution in [3.8, 4) is 0 Å². The van der Waals surface area contributed by atoms with Crippen LogP contribution < -0.4 is 0 Å². The Morgan fingerprint density at radius 1 is 0.767 bits per heavy atom. The van der Waals surface area contributed by atoms with Gasteiger partial charge < -0.3 is 0 Å². The van der Waals surface area contributed by atoms with Crippen LogP contribution >= 0.6 is 11.6 Å². The Balaban J connectivity index is 1.56. The topological polar surface area (TPSA) is 40.6 Å². The molecular formula is C23H22ClFN2O2S. The highest BCUT2D eigenvalue weighted by molar-refractivity contribution is 7.89. The molecule has 0 spiro atoms. The molecular weight excluding hydrogens is 423 g/mol. The Hall–Kier alpha value is -2.25. The van der Waals surface area contributed by atoms with Crippen molar-refractivity contribution in [2.45, 2.75) is 10.9 Å². The van der Waals surface area contributed by atoms with Crippen LogP contribution in [-0.4, -0.2) is 43.8 Å². The van der Waals surface area contributed by atoms with E-state index in [4.69, 9.17) is 11.6 Å². The lowest BCUT2D eigenvalue weighted by molar-refractivity contribution is 0.155. The lowest BCUT2D eigenvalue weighted by Gasteiger charge is -2.39. The van der Waals surface area contributed by atoms with Gasteiger partial charge in [0.15, 0.2) is 0 Å². The summed E-state index contributed by atoms with van der Waals surface area (Å²) >= 11 is 5.89. The first kappa shape index (κ1) is 21.0. The second-order valence-corrected chi connectivity index (χ2v) is 9.63. The molecule has 1 aliphatic heterocycles. The van der Waals surface area contributed by atoms with Crippen molar-refractivity contribution in [2.75, 3.05) is 26.2 Å². The Morgan fingerprint density at radius 3 is 1.93 bits per heavy atom. The Bertz CT molecular complexity index is 1080. The van der Waals surface area contributed by atoms with Crippen LogP contribution in [0.3, 0.4) is 0 Å². The summed E-state index contributed by atoms with van der Waals surface area (Å²) in [7, 11) is -3.56. The molecule has 0 saturated carbocycles. The second kappa shape index (κ2) is 8.86. The summed E-state index contributed by atoms with van der Waals surface area (Å²) in [4.78, 5) is 2.50. The molecule has 0 aliphatic carbocycles. The molecule has 4 nitrogen and oxygen atoms in total. The first-order valence-corrected chi connectivity index (χ1v) is 11.6. The molecule has 7 heteroatoms. The zero-order valence-electron chi connectivity index (χ0n) is 16.3. The summed E-state index contributed by atoms with van der Waals surface area (Å²) in [6, 6.07) is 22.7. The van der Waals surface area contributed by atoms with E-state index in [9.17, 15) is 12.8 Å². The maximum absolute atomic E-state index is 13.5. The fraction of sp³-hybridized carbons (Fsp3) is 0.217. The highest BCUT2D eigenvalue weighted by Crippen LogP contribution is 2.30. The summed E-state index contributed by atoms with van der Waals surface area (Å²) in [5.41, 5.74) is 2.08. The molecule has 1 aliphatic rings. The Kier molecular flexibility index (Phi) is 6.20. The van der Waals surface area contributed by atoms with E-state index in [0.29, 0.717) is 31.2 Å². The normalized spacial score (nSPS) is 17.0. The third kappa shape index (κ3) is 4.42. The maximum atomic E-state index is 13.5. The van der Waals surface area contributed by atoms with E-state index in [1.807, 2.05) is 30.3 Å². The van der Waals surface area contributed by atoms with Crippen molar-refractivity contribution in [3.63, 3.8) is 0 Å². The summed E-state index contributed by atoms with van der Waals surface area (Å²) in [6.07, 6.45) is 0. The smallest absolute Gasteiger partial charge is 0.243 e. The van der Waals surface area contributed by atoms with E-state index >= 15 is 0 Å². The average Bonchev–Trinajstić information content (AvgIpc) is 2.77. The van der Waals surface area contributed by atoms with Gasteiger partial charge in [-0.1, -0.05) is 54.1 Å². The fourth-order valence-corrected chi connectivity index (χ4v) is 5.40. The van der Waals surface area contributed by atoms with Crippen molar-refractivity contribution in [1.82, 2.24) is 9.21 Å². The number of halogens is 2. The first-order chi connectivity index (χ1) is 14.4. The van der Waals surface area contributed by atoms with Gasteiger partial charge in [0.25, 0.3) is 0 Å². The van der Waals surface area contributed by atoms with E-state index < -0.39 is 10.0 Å². The van der Waals surface area contributed by atoms with Crippen LogP contribution in [0.15, 0.2) is 83.8 Å². The number of hydrogen-bond acceptors (Lipinski definition) is 3. The van der Waals surface area contributed by atoms with Gasteiger partial charge >= 0.3 is 0 Å². The molecule has 3 aromatic rings. The summed E-state index contributed by atoms with van der Waals surface area (Å²) in [5.74, 6) is -0.274. The molecule has 1 saturated heterocycles. The number of piperazine rings is 1. The lowest BCUT2D eigenvalue weighted by atomic mass is 9.96. The van der Waals surface area contributed by atoms with Gasteiger partial charge in [0, 0.05) is 31.2 Å². The van der Waals surface area contributed by atoms with Crippen molar-refractivity contribution >= 4 is 21.6 Å². The van der Waals surface area contributed by atoms with Crippen LogP contribution in [0.2, 0.25) is 5.02 Å². The minimum Gasteiger partial charge on any atom is -0.290 e. The largest absolute Gasteiger partial charge is 0.290 e. The van der Waals surface area contributed by atoms with E-state index in [1.54, 1.807) is 24.3 Å². The molecule has 0 bridgehead atoms. The zero-order valence-corrected chi connectivity index (χ0v) is 17.9. The van der Waals surface area contributed by atoms with Gasteiger partial charge in [0.05, 0.1) is 10.9 Å². The van der Waals surface area contributed by atoms with Gasteiger partial charge in [-0.25, -0.2) is 12.8 Å². The standard InChI is InChI=1S/C23H22ClFN2O2S/c24-20-8-12-22(13-9-20)30(28,29)27-16-14-26(15-17-27)23(18-4-2-1-3-5-18)19-6-10-21(25)11-7-19/h1-13,23H,14-17H2/t23-/m1/s1. The fourth-order valence-electron chi connectivity index (χ4n) is 3.85.